The predicted octanol–water partition coefficient (Wildman–Crippen LogP) is 2.14. The van der Waals surface area contributed by atoms with E-state index in [-0.39, 0.29) is 12.0 Å². The largest absolute Gasteiger partial charge is 0.393 e. The highest BCUT2D eigenvalue weighted by molar-refractivity contribution is 5.32. The van der Waals surface area contributed by atoms with Gasteiger partial charge >= 0.3 is 0 Å². The van der Waals surface area contributed by atoms with Gasteiger partial charge in [-0.05, 0) is 30.9 Å². The molecule has 1 N–H and O–H groups in total. The van der Waals surface area contributed by atoms with Crippen LogP contribution in [0.3, 0.4) is 0 Å². The maximum Gasteiger partial charge on any atom is 0.0732 e. The molecule has 0 spiro atoms. The molecule has 1 saturated carbocycles. The van der Waals surface area contributed by atoms with Crippen LogP contribution in [0.5, 0.6) is 0 Å². The molecule has 4 heteroatoms. The Morgan fingerprint density at radius 2 is 2.00 bits per heavy atom. The second-order valence-electron chi connectivity index (χ2n) is 5.02. The standard InChI is InChI=1S/C14H17N3O/c1-10-12(7-8-14(10)18)13-9-15-16-17(13)11-5-3-2-4-6-11/h2-6,9-10,12,14,18H,7-8H2,1H3. The molecule has 3 unspecified atom stereocenters. The van der Waals surface area contributed by atoms with Crippen LogP contribution < -0.4 is 0 Å². The van der Waals surface area contributed by atoms with Crippen LogP contribution >= 0.6 is 0 Å². The lowest BCUT2D eigenvalue weighted by Gasteiger charge is -2.18. The number of benzene rings is 1. The minimum atomic E-state index is -0.200. The summed E-state index contributed by atoms with van der Waals surface area (Å²) in [7, 11) is 0. The lowest BCUT2D eigenvalue weighted by atomic mass is 9.94. The van der Waals surface area contributed by atoms with E-state index in [4.69, 9.17) is 0 Å². The van der Waals surface area contributed by atoms with Crippen molar-refractivity contribution in [3.05, 3.63) is 42.2 Å². The monoisotopic (exact) mass is 243 g/mol. The predicted molar refractivity (Wildman–Crippen MR) is 68.5 cm³/mol. The maximum absolute atomic E-state index is 9.88. The van der Waals surface area contributed by atoms with Crippen LogP contribution in [-0.2, 0) is 0 Å². The Kier molecular flexibility index (Phi) is 2.88. The molecular weight excluding hydrogens is 226 g/mol. The van der Waals surface area contributed by atoms with Crippen molar-refractivity contribution < 1.29 is 5.11 Å². The first kappa shape index (κ1) is 11.4. The first-order valence-corrected chi connectivity index (χ1v) is 6.41. The number of nitrogens with zero attached hydrogens (tertiary/aromatic N) is 3. The highest BCUT2D eigenvalue weighted by atomic mass is 16.3. The van der Waals surface area contributed by atoms with Crippen LogP contribution in [0.25, 0.3) is 5.69 Å². The Bertz CT molecular complexity index is 523. The Hall–Kier alpha value is -1.68. The second-order valence-corrected chi connectivity index (χ2v) is 5.02. The minimum Gasteiger partial charge on any atom is -0.393 e. The molecule has 94 valence electrons. The number of hydrogen-bond acceptors (Lipinski definition) is 3. The van der Waals surface area contributed by atoms with Crippen molar-refractivity contribution in [2.24, 2.45) is 5.92 Å². The van der Waals surface area contributed by atoms with Crippen LogP contribution in [0.1, 0.15) is 31.4 Å². The summed E-state index contributed by atoms with van der Waals surface area (Å²) >= 11 is 0. The zero-order chi connectivity index (χ0) is 12.5. The fourth-order valence-corrected chi connectivity index (χ4v) is 2.83. The Labute approximate surface area is 106 Å². The summed E-state index contributed by atoms with van der Waals surface area (Å²) in [5.74, 6) is 0.612. The Balaban J connectivity index is 1.98. The average molecular weight is 243 g/mol. The van der Waals surface area contributed by atoms with Gasteiger partial charge in [0, 0.05) is 5.92 Å². The van der Waals surface area contributed by atoms with Gasteiger partial charge in [0.25, 0.3) is 0 Å². The number of aliphatic hydroxyl groups is 1. The molecule has 0 amide bonds. The summed E-state index contributed by atoms with van der Waals surface area (Å²) in [5.41, 5.74) is 2.13. The van der Waals surface area contributed by atoms with Crippen LogP contribution in [-0.4, -0.2) is 26.2 Å². The summed E-state index contributed by atoms with van der Waals surface area (Å²) in [6.45, 7) is 2.10. The summed E-state index contributed by atoms with van der Waals surface area (Å²) in [6.07, 6.45) is 3.50. The van der Waals surface area contributed by atoms with Gasteiger partial charge in [-0.15, -0.1) is 5.10 Å². The summed E-state index contributed by atoms with van der Waals surface area (Å²) < 4.78 is 1.89. The molecule has 18 heavy (non-hydrogen) atoms. The smallest absolute Gasteiger partial charge is 0.0732 e. The average Bonchev–Trinajstić information content (AvgIpc) is 2.99. The number of hydrogen-bond donors (Lipinski definition) is 1. The van der Waals surface area contributed by atoms with E-state index < -0.39 is 0 Å². The highest BCUT2D eigenvalue weighted by Gasteiger charge is 2.34. The minimum absolute atomic E-state index is 0.200. The molecular formula is C14H17N3O. The molecule has 1 aliphatic carbocycles. The maximum atomic E-state index is 9.88. The van der Waals surface area contributed by atoms with Crippen molar-refractivity contribution in [1.29, 1.82) is 0 Å². The molecule has 1 aliphatic rings. The highest BCUT2D eigenvalue weighted by Crippen LogP contribution is 2.39. The zero-order valence-corrected chi connectivity index (χ0v) is 10.4. The van der Waals surface area contributed by atoms with Gasteiger partial charge in [0.2, 0.25) is 0 Å². The molecule has 2 aromatic rings. The van der Waals surface area contributed by atoms with Crippen molar-refractivity contribution in [2.45, 2.75) is 31.8 Å². The Morgan fingerprint density at radius 1 is 1.22 bits per heavy atom. The zero-order valence-electron chi connectivity index (χ0n) is 10.4. The van der Waals surface area contributed by atoms with Crippen molar-refractivity contribution >= 4 is 0 Å². The third kappa shape index (κ3) is 1.82. The fourth-order valence-electron chi connectivity index (χ4n) is 2.83. The first-order valence-electron chi connectivity index (χ1n) is 6.41. The quantitative estimate of drug-likeness (QED) is 0.879. The van der Waals surface area contributed by atoms with Gasteiger partial charge < -0.3 is 5.11 Å². The first-order chi connectivity index (χ1) is 8.77. The van der Waals surface area contributed by atoms with Gasteiger partial charge in [0.15, 0.2) is 0 Å². The van der Waals surface area contributed by atoms with E-state index in [1.807, 2.05) is 41.2 Å². The molecule has 4 nitrogen and oxygen atoms in total. The fraction of sp³-hybridized carbons (Fsp3) is 0.429. The van der Waals surface area contributed by atoms with E-state index >= 15 is 0 Å². The number of rotatable bonds is 2. The van der Waals surface area contributed by atoms with Crippen molar-refractivity contribution in [1.82, 2.24) is 15.0 Å². The van der Waals surface area contributed by atoms with Gasteiger partial charge in [0.1, 0.15) is 0 Å². The third-order valence-corrected chi connectivity index (χ3v) is 3.97. The lowest BCUT2D eigenvalue weighted by molar-refractivity contribution is 0.136. The summed E-state index contributed by atoms with van der Waals surface area (Å²) in [6, 6.07) is 10.0. The normalized spacial score (nSPS) is 27.6. The van der Waals surface area contributed by atoms with Gasteiger partial charge in [-0.3, -0.25) is 0 Å². The van der Waals surface area contributed by atoms with E-state index in [0.717, 1.165) is 24.2 Å². The molecule has 0 radical (unpaired) electrons. The van der Waals surface area contributed by atoms with E-state index in [2.05, 4.69) is 17.2 Å². The van der Waals surface area contributed by atoms with E-state index in [1.165, 1.54) is 0 Å². The number of aliphatic hydroxyl groups excluding tert-OH is 1. The van der Waals surface area contributed by atoms with Crippen molar-refractivity contribution in [3.63, 3.8) is 0 Å². The van der Waals surface area contributed by atoms with Crippen LogP contribution in [0, 0.1) is 5.92 Å². The molecule has 0 aliphatic heterocycles. The Morgan fingerprint density at radius 3 is 2.67 bits per heavy atom. The van der Waals surface area contributed by atoms with Crippen LogP contribution in [0.2, 0.25) is 0 Å². The molecule has 3 rings (SSSR count). The number of para-hydroxylation sites is 1. The summed E-state index contributed by atoms with van der Waals surface area (Å²) in [4.78, 5) is 0. The van der Waals surface area contributed by atoms with Crippen LogP contribution in [0.4, 0.5) is 0 Å². The molecule has 1 heterocycles. The molecule has 0 saturated heterocycles. The van der Waals surface area contributed by atoms with E-state index in [1.54, 1.807) is 0 Å². The van der Waals surface area contributed by atoms with E-state index in [9.17, 15) is 5.11 Å². The SMILES string of the molecule is CC1C(O)CCC1c1cnnn1-c1ccccc1. The van der Waals surface area contributed by atoms with Gasteiger partial charge in [0.05, 0.1) is 23.7 Å². The molecule has 1 aromatic carbocycles. The van der Waals surface area contributed by atoms with Crippen molar-refractivity contribution in [3.8, 4) is 5.69 Å². The topological polar surface area (TPSA) is 50.9 Å². The number of aromatic nitrogens is 3. The molecule has 0 bridgehead atoms. The van der Waals surface area contributed by atoms with Crippen LogP contribution in [0.15, 0.2) is 36.5 Å². The van der Waals surface area contributed by atoms with Gasteiger partial charge in [-0.25, -0.2) is 4.68 Å². The molecule has 1 aromatic heterocycles. The summed E-state index contributed by atoms with van der Waals surface area (Å²) in [5, 5.41) is 18.1. The van der Waals surface area contributed by atoms with Gasteiger partial charge in [-0.2, -0.15) is 0 Å². The molecule has 1 fully saturated rings. The molecule has 3 atom stereocenters. The van der Waals surface area contributed by atoms with Gasteiger partial charge in [-0.1, -0.05) is 30.3 Å². The second kappa shape index (κ2) is 4.53. The lowest BCUT2D eigenvalue weighted by Crippen LogP contribution is -2.16. The van der Waals surface area contributed by atoms with E-state index in [0.29, 0.717) is 5.92 Å². The third-order valence-electron chi connectivity index (χ3n) is 3.97. The van der Waals surface area contributed by atoms with Crippen molar-refractivity contribution in [2.75, 3.05) is 0 Å².